The van der Waals surface area contributed by atoms with Crippen molar-refractivity contribution in [2.24, 2.45) is 15.6 Å². The highest BCUT2D eigenvalue weighted by Gasteiger charge is 2.37. The van der Waals surface area contributed by atoms with Gasteiger partial charge in [0.15, 0.2) is 11.5 Å². The van der Waals surface area contributed by atoms with Gasteiger partial charge in [0.05, 0.1) is 26.1 Å². The number of hydrogen-bond acceptors (Lipinski definition) is 15. The summed E-state index contributed by atoms with van der Waals surface area (Å²) in [5, 5.41) is 23.0. The first-order chi connectivity index (χ1) is 33.3. The molecule has 0 aliphatic rings. The van der Waals surface area contributed by atoms with Crippen LogP contribution in [0.25, 0.3) is 10.8 Å². The topological polar surface area (TPSA) is 281 Å². The van der Waals surface area contributed by atoms with Crippen molar-refractivity contribution < 1.29 is 58.6 Å². The third kappa shape index (κ3) is 17.7. The lowest BCUT2D eigenvalue weighted by molar-refractivity contribution is -0.140. The number of azo groups is 1. The van der Waals surface area contributed by atoms with Gasteiger partial charge in [-0.1, -0.05) is 124 Å². The van der Waals surface area contributed by atoms with Gasteiger partial charge in [-0.2, -0.15) is 5.11 Å². The van der Waals surface area contributed by atoms with Crippen LogP contribution in [0.2, 0.25) is 0 Å². The standard InChI is InChI=1S/C50H69N5O13S3/c1-7-8-9-10-11-12-13-14-15-16-17-18-19-20-21-22-31-55(6)69(60,61)40-29-25-37(26-30-40)52-49(59)47(48(58)50(3,4)5)68-39-27-23-38(24-28-39)53-54-45-43(71(65,66)67)33-36-32-41(70(62,63)64)34-42(51-35(2)56)44(36)46(45)57/h23-30,32-34,47,57H,7-22,31H2,1-6H3,(H,51,56)(H,52,59)(H,62,63,64)(H,65,66,67)/p-2. The molecule has 2 amide bonds. The highest BCUT2D eigenvalue weighted by Crippen LogP contribution is 2.45. The van der Waals surface area contributed by atoms with E-state index in [0.717, 1.165) is 44.7 Å². The zero-order chi connectivity index (χ0) is 52.6. The van der Waals surface area contributed by atoms with Gasteiger partial charge in [0, 0.05) is 37.0 Å². The fourth-order valence-corrected chi connectivity index (χ4v) is 10.1. The average Bonchev–Trinajstić information content (AvgIpc) is 3.29. The minimum Gasteiger partial charge on any atom is -0.744 e. The van der Waals surface area contributed by atoms with E-state index in [1.54, 1.807) is 20.8 Å². The number of benzene rings is 4. The Morgan fingerprint density at radius 2 is 1.21 bits per heavy atom. The summed E-state index contributed by atoms with van der Waals surface area (Å²) in [6, 6.07) is 12.9. The molecule has 0 spiro atoms. The van der Waals surface area contributed by atoms with Crippen LogP contribution in [0, 0.1) is 5.41 Å². The molecule has 390 valence electrons. The number of aromatic hydroxyl groups is 1. The van der Waals surface area contributed by atoms with Crippen molar-refractivity contribution in [3.05, 3.63) is 66.7 Å². The van der Waals surface area contributed by atoms with Crippen molar-refractivity contribution in [3.63, 3.8) is 0 Å². The van der Waals surface area contributed by atoms with Gasteiger partial charge in [0.25, 0.3) is 5.91 Å². The van der Waals surface area contributed by atoms with Gasteiger partial charge in [0.2, 0.25) is 22.0 Å². The van der Waals surface area contributed by atoms with Crippen molar-refractivity contribution in [1.29, 1.82) is 0 Å². The molecule has 4 aromatic carbocycles. The van der Waals surface area contributed by atoms with Gasteiger partial charge in [-0.05, 0) is 78.5 Å². The molecule has 0 bridgehead atoms. The number of Topliss-reactive ketones (excluding diaryl/α,β-unsaturated/α-hetero) is 1. The number of nitrogens with one attached hydrogen (secondary N) is 2. The molecule has 0 aliphatic heterocycles. The normalized spacial score (nSPS) is 12.9. The Hall–Kier alpha value is -5.32. The number of carbonyl (C=O) groups excluding carboxylic acids is 3. The van der Waals surface area contributed by atoms with Crippen molar-refractivity contribution in [2.45, 2.75) is 158 Å². The number of amides is 2. The first-order valence-corrected chi connectivity index (χ1v) is 28.2. The maximum atomic E-state index is 13.7. The molecule has 3 N–H and O–H groups in total. The Morgan fingerprint density at radius 1 is 0.690 bits per heavy atom. The molecule has 0 aliphatic carbocycles. The number of carbonyl (C=O) groups is 3. The van der Waals surface area contributed by atoms with E-state index in [-0.39, 0.29) is 27.4 Å². The maximum Gasteiger partial charge on any atom is 0.273 e. The molecule has 0 aromatic heterocycles. The van der Waals surface area contributed by atoms with Gasteiger partial charge < -0.3 is 29.6 Å². The van der Waals surface area contributed by atoms with Crippen molar-refractivity contribution >= 4 is 81.4 Å². The SMILES string of the molecule is CCCCCCCCCCCCCCCCCCN(C)S(=O)(=O)c1ccc(NC(=O)C(Oc2ccc(N=Nc3c(S(=O)(=O)[O-])cc4cc(S(=O)(=O)[O-])cc(NC(C)=O)c4c3O)cc2)C(=O)C(C)(C)C)cc1. The van der Waals surface area contributed by atoms with E-state index in [0.29, 0.717) is 12.6 Å². The van der Waals surface area contributed by atoms with Gasteiger partial charge in [-0.25, -0.2) is 29.6 Å². The van der Waals surface area contributed by atoms with E-state index in [9.17, 15) is 53.8 Å². The van der Waals surface area contributed by atoms with Crippen LogP contribution in [-0.4, -0.2) is 81.1 Å². The van der Waals surface area contributed by atoms with Gasteiger partial charge in [-0.3, -0.25) is 14.4 Å². The number of phenolic OH excluding ortho intramolecular Hbond substituents is 1. The third-order valence-corrected chi connectivity index (χ3v) is 15.3. The average molecular weight is 1040 g/mol. The maximum absolute atomic E-state index is 13.7. The first-order valence-electron chi connectivity index (χ1n) is 24.0. The number of anilines is 2. The molecule has 0 fully saturated rings. The van der Waals surface area contributed by atoms with E-state index >= 15 is 0 Å². The van der Waals surface area contributed by atoms with Crippen LogP contribution in [0.15, 0.2) is 91.6 Å². The third-order valence-electron chi connectivity index (χ3n) is 11.7. The largest absolute Gasteiger partial charge is 0.744 e. The Balaban J connectivity index is 1.37. The number of nitrogens with zero attached hydrogens (tertiary/aromatic N) is 3. The molecule has 4 rings (SSSR count). The fraction of sp³-hybridized carbons (Fsp3) is 0.500. The number of ketones is 1. The molecule has 1 atom stereocenters. The van der Waals surface area contributed by atoms with E-state index in [1.807, 2.05) is 0 Å². The Labute approximate surface area is 418 Å². The van der Waals surface area contributed by atoms with Crippen LogP contribution in [0.1, 0.15) is 137 Å². The molecule has 0 heterocycles. The van der Waals surface area contributed by atoms with Crippen LogP contribution >= 0.6 is 0 Å². The van der Waals surface area contributed by atoms with E-state index in [4.69, 9.17) is 4.74 Å². The van der Waals surface area contributed by atoms with Crippen LogP contribution in [0.4, 0.5) is 22.7 Å². The van der Waals surface area contributed by atoms with Gasteiger partial charge in [-0.15, -0.1) is 5.11 Å². The molecule has 18 nitrogen and oxygen atoms in total. The molecular weight excluding hydrogens is 975 g/mol. The second-order valence-corrected chi connectivity index (χ2v) is 23.5. The first kappa shape index (κ1) is 58.3. The monoisotopic (exact) mass is 1040 g/mol. The summed E-state index contributed by atoms with van der Waals surface area (Å²) in [4.78, 5) is 37.2. The second-order valence-electron chi connectivity index (χ2n) is 18.7. The summed E-state index contributed by atoms with van der Waals surface area (Å²) in [6.45, 7) is 8.45. The van der Waals surface area contributed by atoms with Crippen molar-refractivity contribution in [1.82, 2.24) is 4.31 Å². The van der Waals surface area contributed by atoms with Crippen LogP contribution in [0.5, 0.6) is 11.5 Å². The van der Waals surface area contributed by atoms with Gasteiger partial charge in [0.1, 0.15) is 31.7 Å². The molecule has 1 unspecified atom stereocenters. The molecule has 4 aromatic rings. The van der Waals surface area contributed by atoms with Crippen molar-refractivity contribution in [2.75, 3.05) is 24.2 Å². The number of unbranched alkanes of at least 4 members (excludes halogenated alkanes) is 15. The zero-order valence-corrected chi connectivity index (χ0v) is 43.8. The van der Waals surface area contributed by atoms with Crippen LogP contribution < -0.4 is 15.4 Å². The summed E-state index contributed by atoms with van der Waals surface area (Å²) in [6.07, 6.45) is 17.9. The molecule has 0 saturated carbocycles. The summed E-state index contributed by atoms with van der Waals surface area (Å²) >= 11 is 0. The summed E-state index contributed by atoms with van der Waals surface area (Å²) in [5.74, 6) is -3.16. The predicted octanol–water partition coefficient (Wildman–Crippen LogP) is 10.6. The predicted molar refractivity (Wildman–Crippen MR) is 270 cm³/mol. The second kappa shape index (κ2) is 26.4. The minimum atomic E-state index is -5.43. The zero-order valence-electron chi connectivity index (χ0n) is 41.4. The lowest BCUT2D eigenvalue weighted by atomic mass is 9.87. The smallest absolute Gasteiger partial charge is 0.273 e. The molecule has 21 heteroatoms. The fourth-order valence-electron chi connectivity index (χ4n) is 7.73. The van der Waals surface area contributed by atoms with Crippen molar-refractivity contribution in [3.8, 4) is 11.5 Å². The lowest BCUT2D eigenvalue weighted by Crippen LogP contribution is -2.45. The minimum absolute atomic E-state index is 0.00478. The van der Waals surface area contributed by atoms with Gasteiger partial charge >= 0.3 is 0 Å². The molecule has 0 radical (unpaired) electrons. The molecule has 71 heavy (non-hydrogen) atoms. The summed E-state index contributed by atoms with van der Waals surface area (Å²) in [7, 11) is -12.9. The lowest BCUT2D eigenvalue weighted by Gasteiger charge is -2.25. The Kier molecular flexibility index (Phi) is 21.7. The number of sulfonamides is 1. The Bertz CT molecular complexity index is 2830. The van der Waals surface area contributed by atoms with Crippen LogP contribution in [-0.2, 0) is 44.6 Å². The number of phenols is 1. The highest BCUT2D eigenvalue weighted by atomic mass is 32.2. The summed E-state index contributed by atoms with van der Waals surface area (Å²) < 4.78 is 106. The van der Waals surface area contributed by atoms with E-state index in [2.05, 4.69) is 27.8 Å². The number of fused-ring (bicyclic) bond motifs is 1. The summed E-state index contributed by atoms with van der Waals surface area (Å²) in [5.41, 5.74) is -2.13. The quantitative estimate of drug-likeness (QED) is 0.0198. The number of rotatable bonds is 29. The van der Waals surface area contributed by atoms with E-state index < -0.39 is 91.7 Å². The van der Waals surface area contributed by atoms with E-state index in [1.165, 1.54) is 137 Å². The van der Waals surface area contributed by atoms with Crippen LogP contribution in [0.3, 0.4) is 0 Å². The Morgan fingerprint density at radius 3 is 1.69 bits per heavy atom. The highest BCUT2D eigenvalue weighted by molar-refractivity contribution is 7.89. The number of hydrogen-bond donors (Lipinski definition) is 3. The number of ether oxygens (including phenoxy) is 1. The molecule has 0 saturated heterocycles. The molecular formula is C50H67N5O13S3-2.